The van der Waals surface area contributed by atoms with Crippen LogP contribution in [0.4, 0.5) is 0 Å². The van der Waals surface area contributed by atoms with Gasteiger partial charge in [-0.05, 0) is 24.6 Å². The number of benzene rings is 1. The second-order valence-corrected chi connectivity index (χ2v) is 5.08. The zero-order chi connectivity index (χ0) is 13.4. The Morgan fingerprint density at radius 1 is 1.44 bits per heavy atom. The molecule has 1 rings (SSSR count). The molecule has 4 nitrogen and oxygen atoms in total. The Kier molecular flexibility index (Phi) is 6.60. The van der Waals surface area contributed by atoms with Gasteiger partial charge in [0.25, 0.3) is 0 Å². The van der Waals surface area contributed by atoms with Crippen LogP contribution in [0.1, 0.15) is 12.5 Å². The fourth-order valence-corrected chi connectivity index (χ4v) is 2.19. The molecule has 0 saturated carbocycles. The maximum absolute atomic E-state index is 10.8. The summed E-state index contributed by atoms with van der Waals surface area (Å²) in [7, 11) is 1.66. The van der Waals surface area contributed by atoms with Gasteiger partial charge in [0.1, 0.15) is 5.75 Å². The van der Waals surface area contributed by atoms with Gasteiger partial charge in [-0.15, -0.1) is 0 Å². The fourth-order valence-electron chi connectivity index (χ4n) is 1.36. The number of primary amides is 1. The van der Waals surface area contributed by atoms with Crippen LogP contribution in [0, 0.1) is 0 Å². The minimum Gasteiger partial charge on any atom is -0.497 e. The van der Waals surface area contributed by atoms with Gasteiger partial charge in [0.2, 0.25) is 5.91 Å². The fraction of sp³-hybridized carbons (Fsp3) is 0.462. The Labute approximate surface area is 112 Å². The molecule has 18 heavy (non-hydrogen) atoms. The van der Waals surface area contributed by atoms with E-state index in [1.807, 2.05) is 23.9 Å². The number of methoxy groups -OCH3 is 1. The molecule has 0 unspecified atom stereocenters. The first-order chi connectivity index (χ1) is 8.63. The van der Waals surface area contributed by atoms with Gasteiger partial charge in [0.15, 0.2) is 0 Å². The quantitative estimate of drug-likeness (QED) is 0.699. The van der Waals surface area contributed by atoms with Crippen LogP contribution in [0.25, 0.3) is 0 Å². The van der Waals surface area contributed by atoms with Crippen molar-refractivity contribution in [3.63, 3.8) is 0 Å². The molecule has 0 saturated heterocycles. The molecular formula is C13H20N2O2S. The molecule has 0 bridgehead atoms. The zero-order valence-electron chi connectivity index (χ0n) is 10.8. The molecule has 1 aromatic rings. The second kappa shape index (κ2) is 8.00. The molecule has 0 aliphatic rings. The van der Waals surface area contributed by atoms with Crippen molar-refractivity contribution in [3.8, 4) is 5.75 Å². The van der Waals surface area contributed by atoms with Crippen molar-refractivity contribution in [2.75, 3.05) is 19.4 Å². The standard InChI is InChI=1S/C13H20N2O2S/c1-10(13(14)16)15-7-8-18-9-11-3-5-12(17-2)6-4-11/h3-6,10,15H,7-9H2,1-2H3,(H2,14,16)/t10-/m0/s1. The van der Waals surface area contributed by atoms with Crippen molar-refractivity contribution >= 4 is 17.7 Å². The van der Waals surface area contributed by atoms with E-state index in [0.29, 0.717) is 0 Å². The molecule has 5 heteroatoms. The predicted octanol–water partition coefficient (Wildman–Crippen LogP) is 1.39. The Hall–Kier alpha value is -1.20. The third-order valence-electron chi connectivity index (χ3n) is 2.55. The first-order valence-electron chi connectivity index (χ1n) is 5.87. The third-order valence-corrected chi connectivity index (χ3v) is 3.58. The van der Waals surface area contributed by atoms with Crippen LogP contribution in [0.2, 0.25) is 0 Å². The average molecular weight is 268 g/mol. The maximum atomic E-state index is 10.8. The van der Waals surface area contributed by atoms with Crippen LogP contribution in [-0.2, 0) is 10.5 Å². The van der Waals surface area contributed by atoms with Gasteiger partial charge >= 0.3 is 0 Å². The number of carbonyl (C=O) groups excluding carboxylic acids is 1. The van der Waals surface area contributed by atoms with Gasteiger partial charge in [0, 0.05) is 18.1 Å². The molecule has 0 aliphatic heterocycles. The van der Waals surface area contributed by atoms with E-state index >= 15 is 0 Å². The van der Waals surface area contributed by atoms with Gasteiger partial charge in [-0.2, -0.15) is 11.8 Å². The number of carbonyl (C=O) groups is 1. The lowest BCUT2D eigenvalue weighted by Crippen LogP contribution is -2.39. The molecule has 1 aromatic carbocycles. The highest BCUT2D eigenvalue weighted by Gasteiger charge is 2.05. The number of amides is 1. The lowest BCUT2D eigenvalue weighted by molar-refractivity contribution is -0.119. The van der Waals surface area contributed by atoms with Crippen LogP contribution < -0.4 is 15.8 Å². The van der Waals surface area contributed by atoms with Gasteiger partial charge in [-0.25, -0.2) is 0 Å². The Morgan fingerprint density at radius 2 is 2.11 bits per heavy atom. The lowest BCUT2D eigenvalue weighted by atomic mass is 10.2. The molecule has 0 aliphatic carbocycles. The minimum absolute atomic E-state index is 0.258. The summed E-state index contributed by atoms with van der Waals surface area (Å²) in [5.74, 6) is 2.47. The van der Waals surface area contributed by atoms with Gasteiger partial charge in [0.05, 0.1) is 13.2 Å². The Balaban J connectivity index is 2.15. The van der Waals surface area contributed by atoms with Crippen molar-refractivity contribution in [1.29, 1.82) is 0 Å². The number of thioether (sulfide) groups is 1. The minimum atomic E-state index is -0.310. The van der Waals surface area contributed by atoms with E-state index in [-0.39, 0.29) is 11.9 Å². The summed E-state index contributed by atoms with van der Waals surface area (Å²) >= 11 is 1.82. The molecule has 100 valence electrons. The smallest absolute Gasteiger partial charge is 0.234 e. The number of nitrogens with one attached hydrogen (secondary N) is 1. The largest absolute Gasteiger partial charge is 0.497 e. The number of rotatable bonds is 8. The van der Waals surface area contributed by atoms with Crippen LogP contribution in [0.5, 0.6) is 5.75 Å². The first kappa shape index (κ1) is 14.9. The number of hydrogen-bond acceptors (Lipinski definition) is 4. The molecule has 0 radical (unpaired) electrons. The highest BCUT2D eigenvalue weighted by atomic mass is 32.2. The van der Waals surface area contributed by atoms with Gasteiger partial charge < -0.3 is 15.8 Å². The van der Waals surface area contributed by atoms with Crippen molar-refractivity contribution < 1.29 is 9.53 Å². The monoisotopic (exact) mass is 268 g/mol. The molecular weight excluding hydrogens is 248 g/mol. The van der Waals surface area contributed by atoms with Crippen LogP contribution in [-0.4, -0.2) is 31.4 Å². The van der Waals surface area contributed by atoms with E-state index in [1.165, 1.54) is 5.56 Å². The van der Waals surface area contributed by atoms with E-state index in [4.69, 9.17) is 10.5 Å². The SMILES string of the molecule is COc1ccc(CSCCN[C@@H](C)C(N)=O)cc1. The first-order valence-corrected chi connectivity index (χ1v) is 7.02. The Morgan fingerprint density at radius 3 is 2.67 bits per heavy atom. The molecule has 1 amide bonds. The molecule has 3 N–H and O–H groups in total. The number of hydrogen-bond donors (Lipinski definition) is 2. The topological polar surface area (TPSA) is 64.3 Å². The third kappa shape index (κ3) is 5.42. The van der Waals surface area contributed by atoms with Crippen molar-refractivity contribution in [2.45, 2.75) is 18.7 Å². The molecule has 0 spiro atoms. The highest BCUT2D eigenvalue weighted by molar-refractivity contribution is 7.98. The summed E-state index contributed by atoms with van der Waals surface area (Å²) in [5, 5.41) is 3.07. The summed E-state index contributed by atoms with van der Waals surface area (Å²) in [6.07, 6.45) is 0. The number of nitrogens with two attached hydrogens (primary N) is 1. The van der Waals surface area contributed by atoms with Crippen molar-refractivity contribution in [3.05, 3.63) is 29.8 Å². The molecule has 0 heterocycles. The second-order valence-electron chi connectivity index (χ2n) is 3.98. The Bertz CT molecular complexity index is 368. The molecule has 0 aromatic heterocycles. The maximum Gasteiger partial charge on any atom is 0.234 e. The van der Waals surface area contributed by atoms with E-state index in [0.717, 1.165) is 23.8 Å². The van der Waals surface area contributed by atoms with Gasteiger partial charge in [-0.1, -0.05) is 12.1 Å². The average Bonchev–Trinajstić information content (AvgIpc) is 2.38. The lowest BCUT2D eigenvalue weighted by Gasteiger charge is -2.09. The van der Waals surface area contributed by atoms with Crippen LogP contribution in [0.3, 0.4) is 0 Å². The molecule has 0 fully saturated rings. The van der Waals surface area contributed by atoms with Crippen LogP contribution >= 0.6 is 11.8 Å². The van der Waals surface area contributed by atoms with Crippen molar-refractivity contribution in [2.24, 2.45) is 5.73 Å². The zero-order valence-corrected chi connectivity index (χ0v) is 11.6. The summed E-state index contributed by atoms with van der Waals surface area (Å²) in [6.45, 7) is 2.56. The highest BCUT2D eigenvalue weighted by Crippen LogP contribution is 2.16. The number of ether oxygens (including phenoxy) is 1. The van der Waals surface area contributed by atoms with E-state index in [9.17, 15) is 4.79 Å². The van der Waals surface area contributed by atoms with E-state index < -0.39 is 0 Å². The van der Waals surface area contributed by atoms with E-state index in [1.54, 1.807) is 14.0 Å². The molecule has 1 atom stereocenters. The summed E-state index contributed by atoms with van der Waals surface area (Å²) in [6, 6.07) is 7.79. The van der Waals surface area contributed by atoms with Gasteiger partial charge in [-0.3, -0.25) is 4.79 Å². The van der Waals surface area contributed by atoms with Crippen LogP contribution in [0.15, 0.2) is 24.3 Å². The van der Waals surface area contributed by atoms with E-state index in [2.05, 4.69) is 17.4 Å². The summed E-state index contributed by atoms with van der Waals surface area (Å²) in [5.41, 5.74) is 6.42. The van der Waals surface area contributed by atoms with Crippen molar-refractivity contribution in [1.82, 2.24) is 5.32 Å². The summed E-state index contributed by atoms with van der Waals surface area (Å²) in [4.78, 5) is 10.8. The summed E-state index contributed by atoms with van der Waals surface area (Å²) < 4.78 is 5.10. The predicted molar refractivity (Wildman–Crippen MR) is 75.8 cm³/mol. The normalized spacial score (nSPS) is 12.1.